The summed E-state index contributed by atoms with van der Waals surface area (Å²) in [6.07, 6.45) is 0. The van der Waals surface area contributed by atoms with Crippen molar-refractivity contribution in [1.29, 1.82) is 0 Å². The fraction of sp³-hybridized carbons (Fsp3) is 0. The minimum absolute atomic E-state index is 0.00520. The van der Waals surface area contributed by atoms with E-state index in [1.54, 1.807) is 0 Å². The molecule has 8 heteroatoms. The van der Waals surface area contributed by atoms with Gasteiger partial charge in [-0.15, -0.1) is 10.2 Å². The highest BCUT2D eigenvalue weighted by Gasteiger charge is 2.10. The van der Waals surface area contributed by atoms with Crippen molar-refractivity contribution in [2.24, 2.45) is 0 Å². The molecule has 2 N–H and O–H groups in total. The van der Waals surface area contributed by atoms with Crippen LogP contribution >= 0.6 is 0 Å². The Bertz CT molecular complexity index is 916. The summed E-state index contributed by atoms with van der Waals surface area (Å²) >= 11 is 0. The first-order chi connectivity index (χ1) is 12.0. The maximum atomic E-state index is 13.6. The standard InChI is InChI=1S/C17H11F3N4O/c18-10-2-1-3-12(8-10)21-17(25)15-6-7-16(24-23-15)22-14-5-4-11(19)9-13(14)20/h1-9H,(H,21,25)(H,22,24). The molecule has 1 amide bonds. The van der Waals surface area contributed by atoms with Crippen LogP contribution in [0.4, 0.5) is 30.4 Å². The van der Waals surface area contributed by atoms with E-state index >= 15 is 0 Å². The molecule has 0 saturated carbocycles. The Morgan fingerprint density at radius 2 is 1.68 bits per heavy atom. The molecule has 0 saturated heterocycles. The lowest BCUT2D eigenvalue weighted by Crippen LogP contribution is -2.14. The zero-order valence-corrected chi connectivity index (χ0v) is 12.6. The Morgan fingerprint density at radius 3 is 2.36 bits per heavy atom. The van der Waals surface area contributed by atoms with Crippen LogP contribution in [0.5, 0.6) is 0 Å². The monoisotopic (exact) mass is 344 g/mol. The number of hydrogen-bond donors (Lipinski definition) is 2. The van der Waals surface area contributed by atoms with E-state index in [9.17, 15) is 18.0 Å². The maximum Gasteiger partial charge on any atom is 0.276 e. The molecular weight excluding hydrogens is 333 g/mol. The number of hydrogen-bond acceptors (Lipinski definition) is 4. The van der Waals surface area contributed by atoms with Gasteiger partial charge in [0.2, 0.25) is 0 Å². The normalized spacial score (nSPS) is 10.4. The van der Waals surface area contributed by atoms with Crippen molar-refractivity contribution in [3.8, 4) is 0 Å². The van der Waals surface area contributed by atoms with E-state index in [-0.39, 0.29) is 22.9 Å². The summed E-state index contributed by atoms with van der Waals surface area (Å²) in [4.78, 5) is 12.0. The number of aromatic nitrogens is 2. The molecule has 1 aromatic heterocycles. The lowest BCUT2D eigenvalue weighted by Gasteiger charge is -2.07. The fourth-order valence-electron chi connectivity index (χ4n) is 2.01. The molecule has 5 nitrogen and oxygen atoms in total. The predicted molar refractivity (Wildman–Crippen MR) is 86.0 cm³/mol. The Hall–Kier alpha value is -3.42. The van der Waals surface area contributed by atoms with E-state index in [2.05, 4.69) is 20.8 Å². The van der Waals surface area contributed by atoms with Crippen molar-refractivity contribution >= 4 is 23.1 Å². The predicted octanol–water partition coefficient (Wildman–Crippen LogP) is 3.89. The van der Waals surface area contributed by atoms with Crippen LogP contribution in [-0.2, 0) is 0 Å². The van der Waals surface area contributed by atoms with Crippen LogP contribution in [0.1, 0.15) is 10.5 Å². The molecule has 0 aliphatic rings. The highest BCUT2D eigenvalue weighted by Crippen LogP contribution is 2.19. The number of amides is 1. The Kier molecular flexibility index (Phi) is 4.60. The number of halogens is 3. The van der Waals surface area contributed by atoms with Crippen molar-refractivity contribution in [2.75, 3.05) is 10.6 Å². The van der Waals surface area contributed by atoms with E-state index in [0.29, 0.717) is 0 Å². The van der Waals surface area contributed by atoms with Crippen LogP contribution in [0.2, 0.25) is 0 Å². The average Bonchev–Trinajstić information content (AvgIpc) is 2.58. The third-order valence-corrected chi connectivity index (χ3v) is 3.17. The number of nitrogens with one attached hydrogen (secondary N) is 2. The Balaban J connectivity index is 1.70. The second-order valence-electron chi connectivity index (χ2n) is 5.02. The summed E-state index contributed by atoms with van der Waals surface area (Å²) in [6.45, 7) is 0. The third kappa shape index (κ3) is 4.11. The largest absolute Gasteiger partial charge is 0.336 e. The van der Waals surface area contributed by atoms with Crippen molar-refractivity contribution in [3.05, 3.63) is 77.7 Å². The molecule has 0 radical (unpaired) electrons. The quantitative estimate of drug-likeness (QED) is 0.753. The van der Waals surface area contributed by atoms with Crippen molar-refractivity contribution in [2.45, 2.75) is 0 Å². The molecule has 0 unspecified atom stereocenters. The maximum absolute atomic E-state index is 13.6. The smallest absolute Gasteiger partial charge is 0.276 e. The fourth-order valence-corrected chi connectivity index (χ4v) is 2.01. The second-order valence-corrected chi connectivity index (χ2v) is 5.02. The SMILES string of the molecule is O=C(Nc1cccc(F)c1)c1ccc(Nc2ccc(F)cc2F)nn1. The highest BCUT2D eigenvalue weighted by atomic mass is 19.1. The van der Waals surface area contributed by atoms with Gasteiger partial charge < -0.3 is 10.6 Å². The Morgan fingerprint density at radius 1 is 0.880 bits per heavy atom. The van der Waals surface area contributed by atoms with Crippen LogP contribution in [0, 0.1) is 17.5 Å². The number of carbonyl (C=O) groups is 1. The second kappa shape index (κ2) is 7.00. The van der Waals surface area contributed by atoms with Gasteiger partial charge >= 0.3 is 0 Å². The number of rotatable bonds is 4. The van der Waals surface area contributed by atoms with Gasteiger partial charge in [0.15, 0.2) is 11.5 Å². The lowest BCUT2D eigenvalue weighted by atomic mass is 10.3. The molecule has 0 spiro atoms. The molecule has 3 aromatic rings. The van der Waals surface area contributed by atoms with Gasteiger partial charge in [-0.05, 0) is 42.5 Å². The summed E-state index contributed by atoms with van der Waals surface area (Å²) in [7, 11) is 0. The van der Waals surface area contributed by atoms with E-state index in [1.807, 2.05) is 0 Å². The summed E-state index contributed by atoms with van der Waals surface area (Å²) < 4.78 is 39.5. The molecule has 0 fully saturated rings. The number of nitrogens with zero attached hydrogens (tertiary/aromatic N) is 2. The minimum atomic E-state index is -0.783. The van der Waals surface area contributed by atoms with Gasteiger partial charge in [0, 0.05) is 11.8 Å². The van der Waals surface area contributed by atoms with Crippen LogP contribution in [0.15, 0.2) is 54.6 Å². The molecule has 126 valence electrons. The summed E-state index contributed by atoms with van der Waals surface area (Å²) in [5.41, 5.74) is 0.296. The van der Waals surface area contributed by atoms with Crippen LogP contribution in [-0.4, -0.2) is 16.1 Å². The first-order valence-corrected chi connectivity index (χ1v) is 7.14. The van der Waals surface area contributed by atoms with Gasteiger partial charge in [-0.3, -0.25) is 4.79 Å². The molecule has 0 bridgehead atoms. The van der Waals surface area contributed by atoms with Crippen LogP contribution in [0.25, 0.3) is 0 Å². The average molecular weight is 344 g/mol. The molecule has 2 aromatic carbocycles. The van der Waals surface area contributed by atoms with Crippen molar-refractivity contribution in [3.63, 3.8) is 0 Å². The van der Waals surface area contributed by atoms with E-state index in [1.165, 1.54) is 42.5 Å². The first-order valence-electron chi connectivity index (χ1n) is 7.14. The van der Waals surface area contributed by atoms with E-state index in [4.69, 9.17) is 0 Å². The highest BCUT2D eigenvalue weighted by molar-refractivity contribution is 6.02. The molecule has 25 heavy (non-hydrogen) atoms. The molecule has 3 rings (SSSR count). The van der Waals surface area contributed by atoms with E-state index < -0.39 is 23.4 Å². The van der Waals surface area contributed by atoms with Gasteiger partial charge in [-0.2, -0.15) is 0 Å². The van der Waals surface area contributed by atoms with Crippen molar-refractivity contribution in [1.82, 2.24) is 10.2 Å². The summed E-state index contributed by atoms with van der Waals surface area (Å²) in [6, 6.07) is 11.2. The minimum Gasteiger partial charge on any atom is -0.336 e. The topological polar surface area (TPSA) is 66.9 Å². The Labute approximate surface area is 140 Å². The zero-order chi connectivity index (χ0) is 17.8. The van der Waals surface area contributed by atoms with Gasteiger partial charge in [0.1, 0.15) is 17.5 Å². The molecular formula is C17H11F3N4O. The number of anilines is 3. The summed E-state index contributed by atoms with van der Waals surface area (Å²) in [5, 5.41) is 12.6. The van der Waals surface area contributed by atoms with Gasteiger partial charge in [-0.25, -0.2) is 13.2 Å². The summed E-state index contributed by atoms with van der Waals surface area (Å²) in [5.74, 6) is -2.36. The molecule has 0 aliphatic heterocycles. The van der Waals surface area contributed by atoms with Gasteiger partial charge in [0.05, 0.1) is 5.69 Å². The lowest BCUT2D eigenvalue weighted by molar-refractivity contribution is 0.102. The molecule has 0 aliphatic carbocycles. The molecule has 0 atom stereocenters. The van der Waals surface area contributed by atoms with Gasteiger partial charge in [-0.1, -0.05) is 6.07 Å². The van der Waals surface area contributed by atoms with E-state index in [0.717, 1.165) is 12.1 Å². The van der Waals surface area contributed by atoms with Crippen LogP contribution in [0.3, 0.4) is 0 Å². The number of carbonyl (C=O) groups excluding carboxylic acids is 1. The van der Waals surface area contributed by atoms with Crippen LogP contribution < -0.4 is 10.6 Å². The molecule has 1 heterocycles. The third-order valence-electron chi connectivity index (χ3n) is 3.17. The number of benzene rings is 2. The van der Waals surface area contributed by atoms with Crippen molar-refractivity contribution < 1.29 is 18.0 Å². The first kappa shape index (κ1) is 16.4. The zero-order valence-electron chi connectivity index (χ0n) is 12.6. The van der Waals surface area contributed by atoms with Gasteiger partial charge in [0.25, 0.3) is 5.91 Å².